The highest BCUT2D eigenvalue weighted by molar-refractivity contribution is 5.64. The molecule has 6 N–H and O–H groups in total. The third-order valence-corrected chi connectivity index (χ3v) is 1.84. The van der Waals surface area contributed by atoms with Crippen molar-refractivity contribution in [3.63, 3.8) is 0 Å². The Kier molecular flexibility index (Phi) is 3.18. The van der Waals surface area contributed by atoms with Crippen molar-refractivity contribution in [2.75, 3.05) is 0 Å². The standard InChI is InChI=1S/C11H15N3/c1-8-2-4-9(5-3-8)10(12)6-7-11(13)14/h2-7H,12-14H2,1H3/b10-6-. The molecule has 3 nitrogen and oxygen atoms in total. The average Bonchev–Trinajstić information content (AvgIpc) is 2.15. The largest absolute Gasteiger partial charge is 0.398 e. The topological polar surface area (TPSA) is 78.1 Å². The first-order valence-corrected chi connectivity index (χ1v) is 4.35. The molecule has 0 spiro atoms. The van der Waals surface area contributed by atoms with Crippen molar-refractivity contribution >= 4 is 5.70 Å². The highest BCUT2D eigenvalue weighted by Gasteiger charge is 1.93. The van der Waals surface area contributed by atoms with E-state index in [1.807, 2.05) is 31.2 Å². The van der Waals surface area contributed by atoms with E-state index in [0.29, 0.717) is 5.70 Å². The van der Waals surface area contributed by atoms with Gasteiger partial charge in [0.2, 0.25) is 0 Å². The number of allylic oxidation sites excluding steroid dienone is 2. The van der Waals surface area contributed by atoms with Gasteiger partial charge in [-0.15, -0.1) is 0 Å². The molecule has 0 atom stereocenters. The van der Waals surface area contributed by atoms with Gasteiger partial charge in [0.15, 0.2) is 0 Å². The summed E-state index contributed by atoms with van der Waals surface area (Å²) in [7, 11) is 0. The van der Waals surface area contributed by atoms with Crippen molar-refractivity contribution in [3.8, 4) is 0 Å². The maximum absolute atomic E-state index is 5.80. The van der Waals surface area contributed by atoms with Crippen LogP contribution in [0.1, 0.15) is 11.1 Å². The highest BCUT2D eigenvalue weighted by Crippen LogP contribution is 2.09. The van der Waals surface area contributed by atoms with Crippen LogP contribution in [-0.4, -0.2) is 0 Å². The molecule has 1 aromatic carbocycles. The zero-order valence-corrected chi connectivity index (χ0v) is 8.20. The Labute approximate surface area is 83.9 Å². The lowest BCUT2D eigenvalue weighted by Gasteiger charge is -2.00. The lowest BCUT2D eigenvalue weighted by molar-refractivity contribution is 1.25. The first kappa shape index (κ1) is 10.2. The SMILES string of the molecule is Cc1ccc(/C(N)=C/C=C(N)N)cc1. The lowest BCUT2D eigenvalue weighted by Crippen LogP contribution is -2.07. The van der Waals surface area contributed by atoms with Crippen LogP contribution in [0.5, 0.6) is 0 Å². The first-order chi connectivity index (χ1) is 6.59. The van der Waals surface area contributed by atoms with E-state index in [0.717, 1.165) is 5.56 Å². The van der Waals surface area contributed by atoms with Crippen LogP contribution >= 0.6 is 0 Å². The van der Waals surface area contributed by atoms with E-state index in [1.165, 1.54) is 5.56 Å². The van der Waals surface area contributed by atoms with Gasteiger partial charge in [-0.25, -0.2) is 0 Å². The number of aryl methyl sites for hydroxylation is 1. The molecule has 0 aliphatic carbocycles. The number of benzene rings is 1. The molecule has 0 saturated carbocycles. The Morgan fingerprint density at radius 2 is 1.57 bits per heavy atom. The molecule has 1 aromatic rings. The fourth-order valence-corrected chi connectivity index (χ4v) is 1.03. The van der Waals surface area contributed by atoms with Crippen LogP contribution in [-0.2, 0) is 0 Å². The van der Waals surface area contributed by atoms with E-state index in [9.17, 15) is 0 Å². The smallest absolute Gasteiger partial charge is 0.0934 e. The molecule has 0 radical (unpaired) electrons. The predicted molar refractivity (Wildman–Crippen MR) is 59.8 cm³/mol. The summed E-state index contributed by atoms with van der Waals surface area (Å²) in [6, 6.07) is 7.93. The fourth-order valence-electron chi connectivity index (χ4n) is 1.03. The van der Waals surface area contributed by atoms with Crippen molar-refractivity contribution in [1.29, 1.82) is 0 Å². The summed E-state index contributed by atoms with van der Waals surface area (Å²) >= 11 is 0. The van der Waals surface area contributed by atoms with Gasteiger partial charge in [-0.05, 0) is 24.6 Å². The molecule has 0 heterocycles. The van der Waals surface area contributed by atoms with Crippen molar-refractivity contribution < 1.29 is 0 Å². The van der Waals surface area contributed by atoms with Gasteiger partial charge >= 0.3 is 0 Å². The van der Waals surface area contributed by atoms with Crippen molar-refractivity contribution in [2.45, 2.75) is 6.92 Å². The van der Waals surface area contributed by atoms with Crippen LogP contribution in [0.4, 0.5) is 0 Å². The second kappa shape index (κ2) is 4.37. The van der Waals surface area contributed by atoms with E-state index in [-0.39, 0.29) is 5.82 Å². The molecule has 3 heteroatoms. The second-order valence-corrected chi connectivity index (χ2v) is 3.15. The van der Waals surface area contributed by atoms with Gasteiger partial charge in [-0.1, -0.05) is 29.8 Å². The summed E-state index contributed by atoms with van der Waals surface area (Å²) in [5.74, 6) is 0.250. The Bertz CT molecular complexity index is 357. The zero-order valence-electron chi connectivity index (χ0n) is 8.20. The predicted octanol–water partition coefficient (Wildman–Crippen LogP) is 1.05. The number of hydrogen-bond acceptors (Lipinski definition) is 3. The molecule has 0 bridgehead atoms. The summed E-state index contributed by atoms with van der Waals surface area (Å²) in [4.78, 5) is 0. The van der Waals surface area contributed by atoms with Gasteiger partial charge in [0.05, 0.1) is 5.82 Å². The minimum Gasteiger partial charge on any atom is -0.398 e. The Morgan fingerprint density at radius 1 is 1.00 bits per heavy atom. The summed E-state index contributed by atoms with van der Waals surface area (Å²) in [6.07, 6.45) is 3.27. The van der Waals surface area contributed by atoms with Crippen LogP contribution < -0.4 is 17.2 Å². The number of rotatable bonds is 2. The molecule has 1 rings (SSSR count). The molecule has 0 fully saturated rings. The summed E-state index contributed by atoms with van der Waals surface area (Å²) in [5.41, 5.74) is 19.2. The summed E-state index contributed by atoms with van der Waals surface area (Å²) < 4.78 is 0. The number of nitrogens with two attached hydrogens (primary N) is 3. The maximum atomic E-state index is 5.80. The van der Waals surface area contributed by atoms with Crippen LogP contribution in [0.15, 0.2) is 42.2 Å². The third kappa shape index (κ3) is 2.86. The summed E-state index contributed by atoms with van der Waals surface area (Å²) in [5, 5.41) is 0. The van der Waals surface area contributed by atoms with Crippen LogP contribution in [0, 0.1) is 6.92 Å². The molecule has 14 heavy (non-hydrogen) atoms. The highest BCUT2D eigenvalue weighted by atomic mass is 14.8. The van der Waals surface area contributed by atoms with E-state index < -0.39 is 0 Å². The molecule has 74 valence electrons. The molecular weight excluding hydrogens is 174 g/mol. The van der Waals surface area contributed by atoms with Crippen molar-refractivity contribution in [1.82, 2.24) is 0 Å². The number of hydrogen-bond donors (Lipinski definition) is 3. The van der Waals surface area contributed by atoms with Gasteiger partial charge in [-0.3, -0.25) is 0 Å². The molecule has 0 unspecified atom stereocenters. The normalized spacial score (nSPS) is 11.1. The third-order valence-electron chi connectivity index (χ3n) is 1.84. The monoisotopic (exact) mass is 189 g/mol. The molecular formula is C11H15N3. The van der Waals surface area contributed by atoms with E-state index in [2.05, 4.69) is 0 Å². The minimum absolute atomic E-state index is 0.250. The second-order valence-electron chi connectivity index (χ2n) is 3.15. The van der Waals surface area contributed by atoms with Crippen LogP contribution in [0.3, 0.4) is 0 Å². The van der Waals surface area contributed by atoms with Gasteiger partial charge < -0.3 is 17.2 Å². The van der Waals surface area contributed by atoms with Gasteiger partial charge in [0.25, 0.3) is 0 Å². The fraction of sp³-hybridized carbons (Fsp3) is 0.0909. The maximum Gasteiger partial charge on any atom is 0.0934 e. The minimum atomic E-state index is 0.250. The quantitative estimate of drug-likeness (QED) is 0.608. The van der Waals surface area contributed by atoms with Gasteiger partial charge in [0.1, 0.15) is 0 Å². The van der Waals surface area contributed by atoms with E-state index in [1.54, 1.807) is 12.2 Å². The Balaban J connectivity index is 2.89. The molecule has 0 aliphatic heterocycles. The van der Waals surface area contributed by atoms with E-state index in [4.69, 9.17) is 17.2 Å². The molecule has 0 aliphatic rings. The van der Waals surface area contributed by atoms with Crippen LogP contribution in [0.25, 0.3) is 5.70 Å². The summed E-state index contributed by atoms with van der Waals surface area (Å²) in [6.45, 7) is 2.03. The molecule has 0 aromatic heterocycles. The van der Waals surface area contributed by atoms with Crippen molar-refractivity contribution in [2.24, 2.45) is 17.2 Å². The van der Waals surface area contributed by atoms with Gasteiger partial charge in [0, 0.05) is 5.70 Å². The molecule has 0 saturated heterocycles. The Morgan fingerprint density at radius 3 is 2.07 bits per heavy atom. The van der Waals surface area contributed by atoms with Gasteiger partial charge in [-0.2, -0.15) is 0 Å². The molecule has 0 amide bonds. The lowest BCUT2D eigenvalue weighted by atomic mass is 10.1. The zero-order chi connectivity index (χ0) is 10.6. The van der Waals surface area contributed by atoms with E-state index >= 15 is 0 Å². The Hall–Kier alpha value is -1.90. The van der Waals surface area contributed by atoms with Crippen LogP contribution in [0.2, 0.25) is 0 Å². The van der Waals surface area contributed by atoms with Crippen molar-refractivity contribution in [3.05, 3.63) is 53.4 Å². The first-order valence-electron chi connectivity index (χ1n) is 4.35. The average molecular weight is 189 g/mol.